The summed E-state index contributed by atoms with van der Waals surface area (Å²) < 4.78 is 11.6. The van der Waals surface area contributed by atoms with Gasteiger partial charge in [-0.15, -0.1) is 0 Å². The third-order valence-corrected chi connectivity index (χ3v) is 4.68. The molecule has 0 bridgehead atoms. The second-order valence-corrected chi connectivity index (χ2v) is 6.83. The first kappa shape index (κ1) is 20.1. The molecular weight excluding hydrogens is 398 g/mol. The molecule has 8 nitrogen and oxygen atoms in total. The lowest BCUT2D eigenvalue weighted by molar-refractivity contribution is -0.125. The van der Waals surface area contributed by atoms with E-state index in [9.17, 15) is 14.4 Å². The molecule has 2 heterocycles. The number of amides is 1. The molecule has 1 N–H and O–H groups in total. The van der Waals surface area contributed by atoms with Crippen LogP contribution in [0.5, 0.6) is 0 Å². The Hall–Kier alpha value is -4.20. The van der Waals surface area contributed by atoms with Crippen LogP contribution in [-0.4, -0.2) is 28.3 Å². The maximum Gasteiger partial charge on any atom is 0.359 e. The summed E-state index contributed by atoms with van der Waals surface area (Å²) in [6, 6.07) is 18.5. The van der Waals surface area contributed by atoms with Gasteiger partial charge in [-0.25, -0.2) is 4.79 Å². The van der Waals surface area contributed by atoms with Gasteiger partial charge in [0.05, 0.1) is 23.4 Å². The zero-order valence-corrected chi connectivity index (χ0v) is 16.6. The first-order chi connectivity index (χ1) is 15.0. The number of carbonyl (C=O) groups is 2. The van der Waals surface area contributed by atoms with E-state index in [0.717, 1.165) is 4.68 Å². The molecule has 2 aromatic carbocycles. The van der Waals surface area contributed by atoms with Gasteiger partial charge in [0.15, 0.2) is 12.3 Å². The van der Waals surface area contributed by atoms with E-state index < -0.39 is 18.5 Å². The summed E-state index contributed by atoms with van der Waals surface area (Å²) in [5, 5.41) is 7.60. The van der Waals surface area contributed by atoms with Gasteiger partial charge in [0.2, 0.25) is 0 Å². The minimum Gasteiger partial charge on any atom is -0.467 e. The van der Waals surface area contributed by atoms with Gasteiger partial charge in [-0.2, -0.15) is 9.78 Å². The van der Waals surface area contributed by atoms with Gasteiger partial charge in [-0.3, -0.25) is 9.59 Å². The highest BCUT2D eigenvalue weighted by atomic mass is 16.5. The highest BCUT2D eigenvalue weighted by Crippen LogP contribution is 2.16. The maximum absolute atomic E-state index is 12.9. The molecule has 4 rings (SSSR count). The Morgan fingerprint density at radius 2 is 1.74 bits per heavy atom. The third kappa shape index (κ3) is 4.23. The van der Waals surface area contributed by atoms with Crippen molar-refractivity contribution in [3.05, 3.63) is 94.8 Å². The minimum absolute atomic E-state index is 0.0501. The smallest absolute Gasteiger partial charge is 0.359 e. The Labute approximate surface area is 177 Å². The van der Waals surface area contributed by atoms with Gasteiger partial charge in [0.25, 0.3) is 11.5 Å². The van der Waals surface area contributed by atoms with Crippen LogP contribution < -0.4 is 10.9 Å². The lowest BCUT2D eigenvalue weighted by Gasteiger charge is -2.13. The maximum atomic E-state index is 12.9. The molecule has 0 aliphatic rings. The van der Waals surface area contributed by atoms with E-state index in [1.807, 2.05) is 6.07 Å². The fraction of sp³-hybridized carbons (Fsp3) is 0.130. The van der Waals surface area contributed by atoms with Crippen molar-refractivity contribution in [3.63, 3.8) is 0 Å². The second-order valence-electron chi connectivity index (χ2n) is 6.83. The molecule has 0 spiro atoms. The highest BCUT2D eigenvalue weighted by Gasteiger charge is 2.20. The molecule has 1 amide bonds. The summed E-state index contributed by atoms with van der Waals surface area (Å²) in [6.07, 6.45) is 1.51. The Kier molecular flexibility index (Phi) is 5.61. The van der Waals surface area contributed by atoms with Gasteiger partial charge in [0.1, 0.15) is 5.76 Å². The zero-order chi connectivity index (χ0) is 21.8. The molecule has 31 heavy (non-hydrogen) atoms. The van der Waals surface area contributed by atoms with Crippen LogP contribution in [0.2, 0.25) is 0 Å². The quantitative estimate of drug-likeness (QED) is 0.484. The Balaban J connectivity index is 1.58. The predicted molar refractivity (Wildman–Crippen MR) is 113 cm³/mol. The van der Waals surface area contributed by atoms with Gasteiger partial charge < -0.3 is 14.5 Å². The van der Waals surface area contributed by atoms with Crippen LogP contribution in [-0.2, 0) is 9.53 Å². The average Bonchev–Trinajstić information content (AvgIpc) is 3.34. The van der Waals surface area contributed by atoms with Crippen molar-refractivity contribution in [2.24, 2.45) is 0 Å². The summed E-state index contributed by atoms with van der Waals surface area (Å²) in [4.78, 5) is 37.8. The number of benzene rings is 2. The Morgan fingerprint density at radius 3 is 2.45 bits per heavy atom. The SMILES string of the molecule is C[C@@H](NC(=O)COC(=O)c1nn(-c2ccccc2)c(=O)c2ccccc12)c1ccco1. The molecule has 4 aromatic rings. The van der Waals surface area contributed by atoms with Gasteiger partial charge in [-0.1, -0.05) is 36.4 Å². The van der Waals surface area contributed by atoms with E-state index in [-0.39, 0.29) is 17.3 Å². The zero-order valence-electron chi connectivity index (χ0n) is 16.6. The molecule has 0 saturated carbocycles. The Bertz CT molecular complexity index is 1280. The van der Waals surface area contributed by atoms with E-state index in [1.165, 1.54) is 6.26 Å². The number of para-hydroxylation sites is 1. The molecule has 8 heteroatoms. The van der Waals surface area contributed by atoms with Crippen molar-refractivity contribution < 1.29 is 18.7 Å². The van der Waals surface area contributed by atoms with Crippen molar-refractivity contribution in [1.82, 2.24) is 15.1 Å². The molecule has 1 atom stereocenters. The van der Waals surface area contributed by atoms with E-state index in [0.29, 0.717) is 22.2 Å². The summed E-state index contributed by atoms with van der Waals surface area (Å²) in [7, 11) is 0. The van der Waals surface area contributed by atoms with Crippen molar-refractivity contribution >= 4 is 22.6 Å². The molecule has 156 valence electrons. The van der Waals surface area contributed by atoms with Crippen LogP contribution in [0.1, 0.15) is 29.2 Å². The van der Waals surface area contributed by atoms with Crippen molar-refractivity contribution in [3.8, 4) is 5.69 Å². The molecular formula is C23H19N3O5. The topological polar surface area (TPSA) is 103 Å². The van der Waals surface area contributed by atoms with Crippen LogP contribution in [0.3, 0.4) is 0 Å². The molecule has 0 aliphatic carbocycles. The van der Waals surface area contributed by atoms with E-state index >= 15 is 0 Å². The van der Waals surface area contributed by atoms with Gasteiger partial charge >= 0.3 is 5.97 Å². The molecule has 0 unspecified atom stereocenters. The lowest BCUT2D eigenvalue weighted by Crippen LogP contribution is -2.31. The summed E-state index contributed by atoms with van der Waals surface area (Å²) in [5.74, 6) is -0.707. The van der Waals surface area contributed by atoms with E-state index in [1.54, 1.807) is 67.6 Å². The first-order valence-electron chi connectivity index (χ1n) is 9.62. The number of fused-ring (bicyclic) bond motifs is 1. The number of furan rings is 1. The fourth-order valence-corrected chi connectivity index (χ4v) is 3.18. The largest absolute Gasteiger partial charge is 0.467 e. The van der Waals surface area contributed by atoms with Crippen molar-refractivity contribution in [2.75, 3.05) is 6.61 Å². The van der Waals surface area contributed by atoms with Crippen molar-refractivity contribution in [2.45, 2.75) is 13.0 Å². The minimum atomic E-state index is -0.804. The van der Waals surface area contributed by atoms with Crippen LogP contribution in [0.25, 0.3) is 16.5 Å². The number of hydrogen-bond donors (Lipinski definition) is 1. The van der Waals surface area contributed by atoms with Crippen molar-refractivity contribution in [1.29, 1.82) is 0 Å². The molecule has 2 aromatic heterocycles. The average molecular weight is 417 g/mol. The Morgan fingerprint density at radius 1 is 1.03 bits per heavy atom. The fourth-order valence-electron chi connectivity index (χ4n) is 3.18. The number of rotatable bonds is 6. The monoisotopic (exact) mass is 417 g/mol. The van der Waals surface area contributed by atoms with Crippen LogP contribution >= 0.6 is 0 Å². The molecule has 0 radical (unpaired) electrons. The normalized spacial score (nSPS) is 11.8. The van der Waals surface area contributed by atoms with Crippen LogP contribution in [0.4, 0.5) is 0 Å². The lowest BCUT2D eigenvalue weighted by atomic mass is 10.1. The second kappa shape index (κ2) is 8.66. The molecule has 0 saturated heterocycles. The number of esters is 1. The van der Waals surface area contributed by atoms with Gasteiger partial charge in [-0.05, 0) is 37.3 Å². The number of carbonyl (C=O) groups excluding carboxylic acids is 2. The van der Waals surface area contributed by atoms with Crippen LogP contribution in [0.15, 0.2) is 82.2 Å². The summed E-state index contributed by atoms with van der Waals surface area (Å²) >= 11 is 0. The summed E-state index contributed by atoms with van der Waals surface area (Å²) in [6.45, 7) is 1.26. The summed E-state index contributed by atoms with van der Waals surface area (Å²) in [5.41, 5.74) is 0.103. The number of hydrogen-bond acceptors (Lipinski definition) is 6. The number of ether oxygens (including phenoxy) is 1. The van der Waals surface area contributed by atoms with E-state index in [2.05, 4.69) is 10.4 Å². The molecule has 0 aliphatic heterocycles. The highest BCUT2D eigenvalue weighted by molar-refractivity contribution is 6.02. The predicted octanol–water partition coefficient (Wildman–Crippen LogP) is 3.01. The van der Waals surface area contributed by atoms with Gasteiger partial charge in [0, 0.05) is 5.39 Å². The number of aromatic nitrogens is 2. The molecule has 0 fully saturated rings. The third-order valence-electron chi connectivity index (χ3n) is 4.68. The van der Waals surface area contributed by atoms with Crippen LogP contribution in [0, 0.1) is 0 Å². The number of nitrogens with zero attached hydrogens (tertiary/aromatic N) is 2. The van der Waals surface area contributed by atoms with E-state index in [4.69, 9.17) is 9.15 Å². The standard InChI is InChI=1S/C23H19N3O5/c1-15(19-12-7-13-30-19)24-20(27)14-31-23(29)21-17-10-5-6-11-18(17)22(28)26(25-21)16-8-3-2-4-9-16/h2-13,15H,14H2,1H3,(H,24,27)/t15-/m1/s1. The first-order valence-corrected chi connectivity index (χ1v) is 9.62. The number of nitrogens with one attached hydrogen (secondary N) is 1.